The first-order chi connectivity index (χ1) is 8.98. The van der Waals surface area contributed by atoms with Gasteiger partial charge in [0.05, 0.1) is 30.2 Å². The van der Waals surface area contributed by atoms with E-state index in [1.54, 1.807) is 0 Å². The van der Waals surface area contributed by atoms with Crippen molar-refractivity contribution in [3.8, 4) is 0 Å². The maximum Gasteiger partial charge on any atom is 0.117 e. The zero-order chi connectivity index (χ0) is 13.6. The Balaban J connectivity index is 2.23. The van der Waals surface area contributed by atoms with Gasteiger partial charge in [-0.2, -0.15) is 0 Å². The van der Waals surface area contributed by atoms with Gasteiger partial charge in [-0.05, 0) is 32.9 Å². The fraction of sp³-hybridized carbons (Fsp3) is 0.533. The molecule has 3 rings (SSSR count). The lowest BCUT2D eigenvalue weighted by Crippen LogP contribution is -2.32. The molecule has 2 unspecified atom stereocenters. The van der Waals surface area contributed by atoms with E-state index in [9.17, 15) is 0 Å². The molecule has 0 spiro atoms. The lowest BCUT2D eigenvalue weighted by Gasteiger charge is -2.27. The van der Waals surface area contributed by atoms with Gasteiger partial charge in [0.1, 0.15) is 5.82 Å². The summed E-state index contributed by atoms with van der Waals surface area (Å²) in [5, 5.41) is 0. The SMILES string of the molecule is CC(C)(C)n1c(C2COCC2N)nc2ccccc21. The fourth-order valence-corrected chi connectivity index (χ4v) is 2.84. The van der Waals surface area contributed by atoms with Gasteiger partial charge in [0.25, 0.3) is 0 Å². The molecule has 19 heavy (non-hydrogen) atoms. The molecule has 2 aromatic rings. The van der Waals surface area contributed by atoms with Gasteiger partial charge >= 0.3 is 0 Å². The van der Waals surface area contributed by atoms with Crippen molar-refractivity contribution < 1.29 is 4.74 Å². The summed E-state index contributed by atoms with van der Waals surface area (Å²) < 4.78 is 7.82. The highest BCUT2D eigenvalue weighted by Crippen LogP contribution is 2.32. The third kappa shape index (κ3) is 2.05. The predicted molar refractivity (Wildman–Crippen MR) is 76.3 cm³/mol. The van der Waals surface area contributed by atoms with Crippen molar-refractivity contribution in [2.45, 2.75) is 38.3 Å². The normalized spacial score (nSPS) is 24.2. The summed E-state index contributed by atoms with van der Waals surface area (Å²) in [5.74, 6) is 1.24. The number of aromatic nitrogens is 2. The molecule has 1 fully saturated rings. The van der Waals surface area contributed by atoms with E-state index in [0.29, 0.717) is 13.2 Å². The average molecular weight is 259 g/mol. The Morgan fingerprint density at radius 1 is 1.26 bits per heavy atom. The molecule has 1 saturated heterocycles. The van der Waals surface area contributed by atoms with Crippen molar-refractivity contribution in [1.82, 2.24) is 9.55 Å². The number of para-hydroxylation sites is 2. The maximum atomic E-state index is 6.17. The lowest BCUT2D eigenvalue weighted by molar-refractivity contribution is 0.189. The molecule has 1 aliphatic heterocycles. The van der Waals surface area contributed by atoms with Crippen molar-refractivity contribution in [3.05, 3.63) is 30.1 Å². The Morgan fingerprint density at radius 3 is 2.63 bits per heavy atom. The van der Waals surface area contributed by atoms with E-state index in [1.165, 1.54) is 5.52 Å². The van der Waals surface area contributed by atoms with Crippen LogP contribution in [0.25, 0.3) is 11.0 Å². The summed E-state index contributed by atoms with van der Waals surface area (Å²) in [6.45, 7) is 7.89. The number of fused-ring (bicyclic) bond motifs is 1. The predicted octanol–water partition coefficient (Wildman–Crippen LogP) is 2.23. The van der Waals surface area contributed by atoms with E-state index in [2.05, 4.69) is 43.5 Å². The van der Waals surface area contributed by atoms with Gasteiger partial charge in [0.2, 0.25) is 0 Å². The molecule has 0 bridgehead atoms. The minimum atomic E-state index is -0.0201. The molecule has 2 N–H and O–H groups in total. The Labute approximate surface area is 113 Å². The molecule has 102 valence electrons. The van der Waals surface area contributed by atoms with Crippen LogP contribution < -0.4 is 5.73 Å². The second kappa shape index (κ2) is 4.32. The standard InChI is InChI=1S/C15H21N3O/c1-15(2,3)18-13-7-5-4-6-12(13)17-14(18)10-8-19-9-11(10)16/h4-7,10-11H,8-9,16H2,1-3H3. The molecule has 1 aromatic carbocycles. The molecule has 4 nitrogen and oxygen atoms in total. The zero-order valence-electron chi connectivity index (χ0n) is 11.8. The van der Waals surface area contributed by atoms with E-state index < -0.39 is 0 Å². The van der Waals surface area contributed by atoms with E-state index in [0.717, 1.165) is 11.3 Å². The van der Waals surface area contributed by atoms with Crippen LogP contribution in [-0.4, -0.2) is 28.8 Å². The van der Waals surface area contributed by atoms with Crippen molar-refractivity contribution in [1.29, 1.82) is 0 Å². The second-order valence-corrected chi connectivity index (χ2v) is 6.27. The number of hydrogen-bond donors (Lipinski definition) is 1. The lowest BCUT2D eigenvalue weighted by atomic mass is 10.0. The van der Waals surface area contributed by atoms with Crippen LogP contribution in [0.2, 0.25) is 0 Å². The third-order valence-electron chi connectivity index (χ3n) is 3.71. The summed E-state index contributed by atoms with van der Waals surface area (Å²) in [5.41, 5.74) is 8.35. The minimum Gasteiger partial charge on any atom is -0.379 e. The number of hydrogen-bond acceptors (Lipinski definition) is 3. The molecule has 0 saturated carbocycles. The summed E-state index contributed by atoms with van der Waals surface area (Å²) in [6.07, 6.45) is 0. The van der Waals surface area contributed by atoms with E-state index in [4.69, 9.17) is 15.5 Å². The van der Waals surface area contributed by atoms with Crippen molar-refractivity contribution >= 4 is 11.0 Å². The number of ether oxygens (including phenoxy) is 1. The Morgan fingerprint density at radius 2 is 2.00 bits per heavy atom. The van der Waals surface area contributed by atoms with Gasteiger partial charge in [-0.25, -0.2) is 4.98 Å². The van der Waals surface area contributed by atoms with Crippen LogP contribution in [0.3, 0.4) is 0 Å². The van der Waals surface area contributed by atoms with Crippen molar-refractivity contribution in [2.75, 3.05) is 13.2 Å². The minimum absolute atomic E-state index is 0.0201. The highest BCUT2D eigenvalue weighted by molar-refractivity contribution is 5.76. The number of nitrogens with zero attached hydrogens (tertiary/aromatic N) is 2. The maximum absolute atomic E-state index is 6.17. The van der Waals surface area contributed by atoms with Crippen LogP contribution in [-0.2, 0) is 10.3 Å². The van der Waals surface area contributed by atoms with Crippen LogP contribution in [0.4, 0.5) is 0 Å². The zero-order valence-corrected chi connectivity index (χ0v) is 11.8. The average Bonchev–Trinajstić information content (AvgIpc) is 2.90. The third-order valence-corrected chi connectivity index (χ3v) is 3.71. The first-order valence-electron chi connectivity index (χ1n) is 6.79. The molecule has 4 heteroatoms. The molecule has 2 atom stereocenters. The summed E-state index contributed by atoms with van der Waals surface area (Å²) in [4.78, 5) is 4.81. The van der Waals surface area contributed by atoms with Crippen LogP contribution in [0, 0.1) is 0 Å². The number of rotatable bonds is 1. The molecular formula is C15H21N3O. The number of nitrogens with two attached hydrogens (primary N) is 1. The van der Waals surface area contributed by atoms with E-state index in [1.807, 2.05) is 6.07 Å². The topological polar surface area (TPSA) is 53.1 Å². The quantitative estimate of drug-likeness (QED) is 0.854. The summed E-state index contributed by atoms with van der Waals surface area (Å²) >= 11 is 0. The van der Waals surface area contributed by atoms with Crippen LogP contribution in [0.1, 0.15) is 32.5 Å². The molecule has 0 radical (unpaired) electrons. The summed E-state index contributed by atoms with van der Waals surface area (Å²) in [6, 6.07) is 8.30. The van der Waals surface area contributed by atoms with E-state index in [-0.39, 0.29) is 17.5 Å². The molecule has 2 heterocycles. The molecule has 1 aromatic heterocycles. The van der Waals surface area contributed by atoms with Gasteiger partial charge in [-0.1, -0.05) is 12.1 Å². The Hall–Kier alpha value is -1.39. The monoisotopic (exact) mass is 259 g/mol. The van der Waals surface area contributed by atoms with Crippen molar-refractivity contribution in [3.63, 3.8) is 0 Å². The smallest absolute Gasteiger partial charge is 0.117 e. The first-order valence-corrected chi connectivity index (χ1v) is 6.79. The van der Waals surface area contributed by atoms with Gasteiger partial charge in [-0.15, -0.1) is 0 Å². The van der Waals surface area contributed by atoms with Gasteiger partial charge in [0, 0.05) is 11.6 Å². The highest BCUT2D eigenvalue weighted by atomic mass is 16.5. The van der Waals surface area contributed by atoms with Gasteiger partial charge < -0.3 is 15.0 Å². The van der Waals surface area contributed by atoms with Crippen LogP contribution in [0.15, 0.2) is 24.3 Å². The number of imidazole rings is 1. The molecule has 1 aliphatic rings. The van der Waals surface area contributed by atoms with Crippen LogP contribution >= 0.6 is 0 Å². The Kier molecular flexibility index (Phi) is 2.87. The Bertz CT molecular complexity index is 597. The second-order valence-electron chi connectivity index (χ2n) is 6.27. The van der Waals surface area contributed by atoms with Gasteiger partial charge in [0.15, 0.2) is 0 Å². The molecule has 0 amide bonds. The van der Waals surface area contributed by atoms with Gasteiger partial charge in [-0.3, -0.25) is 0 Å². The largest absolute Gasteiger partial charge is 0.379 e. The van der Waals surface area contributed by atoms with Crippen molar-refractivity contribution in [2.24, 2.45) is 5.73 Å². The number of benzene rings is 1. The summed E-state index contributed by atoms with van der Waals surface area (Å²) in [7, 11) is 0. The molecule has 0 aliphatic carbocycles. The fourth-order valence-electron chi connectivity index (χ4n) is 2.84. The first kappa shape index (κ1) is 12.6. The highest BCUT2D eigenvalue weighted by Gasteiger charge is 2.33. The molecular weight excluding hydrogens is 238 g/mol. The van der Waals surface area contributed by atoms with E-state index >= 15 is 0 Å². The van der Waals surface area contributed by atoms with Crippen LogP contribution in [0.5, 0.6) is 0 Å².